The van der Waals surface area contributed by atoms with Gasteiger partial charge in [-0.1, -0.05) is 30.3 Å². The minimum atomic E-state index is -0.157. The van der Waals surface area contributed by atoms with Crippen molar-refractivity contribution in [1.82, 2.24) is 9.78 Å². The second kappa shape index (κ2) is 5.08. The van der Waals surface area contributed by atoms with Gasteiger partial charge in [-0.25, -0.2) is 4.68 Å². The van der Waals surface area contributed by atoms with E-state index in [0.29, 0.717) is 12.2 Å². The van der Waals surface area contributed by atoms with Crippen molar-refractivity contribution in [2.24, 2.45) is 0 Å². The lowest BCUT2D eigenvalue weighted by Gasteiger charge is -2.05. The van der Waals surface area contributed by atoms with Gasteiger partial charge in [0.05, 0.1) is 24.7 Å². The zero-order valence-electron chi connectivity index (χ0n) is 9.21. The number of nitriles is 1. The highest BCUT2D eigenvalue weighted by molar-refractivity contribution is 5.15. The third-order valence-electron chi connectivity index (χ3n) is 2.36. The predicted molar refractivity (Wildman–Crippen MR) is 63.4 cm³/mol. The first-order chi connectivity index (χ1) is 8.29. The molecule has 2 rings (SSSR count). The highest BCUT2D eigenvalue weighted by Gasteiger charge is 2.01. The van der Waals surface area contributed by atoms with E-state index in [2.05, 4.69) is 5.10 Å². The van der Waals surface area contributed by atoms with Gasteiger partial charge in [0, 0.05) is 6.07 Å². The summed E-state index contributed by atoms with van der Waals surface area (Å²) in [6.07, 6.45) is 0.217. The van der Waals surface area contributed by atoms with E-state index in [0.717, 1.165) is 5.56 Å². The normalized spacial score (nSPS) is 9.82. The van der Waals surface area contributed by atoms with Crippen molar-refractivity contribution >= 4 is 0 Å². The third kappa shape index (κ3) is 2.79. The molecule has 17 heavy (non-hydrogen) atoms. The molecule has 2 aromatic rings. The van der Waals surface area contributed by atoms with Crippen molar-refractivity contribution in [3.63, 3.8) is 0 Å². The van der Waals surface area contributed by atoms with Gasteiger partial charge in [-0.15, -0.1) is 0 Å². The molecule has 0 atom stereocenters. The van der Waals surface area contributed by atoms with Crippen molar-refractivity contribution < 1.29 is 0 Å². The van der Waals surface area contributed by atoms with E-state index in [1.54, 1.807) is 6.07 Å². The lowest BCUT2D eigenvalue weighted by molar-refractivity contribution is 0.624. The summed E-state index contributed by atoms with van der Waals surface area (Å²) in [6.45, 7) is 0.430. The molecule has 0 saturated carbocycles. The van der Waals surface area contributed by atoms with Crippen LogP contribution in [0.5, 0.6) is 0 Å². The monoisotopic (exact) mass is 225 g/mol. The summed E-state index contributed by atoms with van der Waals surface area (Å²) in [5, 5.41) is 12.7. The summed E-state index contributed by atoms with van der Waals surface area (Å²) < 4.78 is 1.38. The fourth-order valence-electron chi connectivity index (χ4n) is 1.54. The molecule has 4 nitrogen and oxygen atoms in total. The fraction of sp³-hybridized carbons (Fsp3) is 0.154. The molecule has 0 aliphatic heterocycles. The molecule has 0 amide bonds. The molecule has 1 heterocycles. The highest BCUT2D eigenvalue weighted by Crippen LogP contribution is 2.00. The van der Waals surface area contributed by atoms with Crippen molar-refractivity contribution in [3.05, 3.63) is 64.1 Å². The summed E-state index contributed by atoms with van der Waals surface area (Å²) in [5.41, 5.74) is 1.47. The molecule has 4 heteroatoms. The van der Waals surface area contributed by atoms with Crippen LogP contribution in [0.25, 0.3) is 0 Å². The number of aromatic nitrogens is 2. The molecule has 0 bridgehead atoms. The van der Waals surface area contributed by atoms with Crippen LogP contribution in [0.2, 0.25) is 0 Å². The number of benzene rings is 1. The van der Waals surface area contributed by atoms with Crippen LogP contribution in [0.3, 0.4) is 0 Å². The van der Waals surface area contributed by atoms with Gasteiger partial charge >= 0.3 is 0 Å². The van der Waals surface area contributed by atoms with Gasteiger partial charge in [-0.05, 0) is 11.6 Å². The van der Waals surface area contributed by atoms with Gasteiger partial charge in [0.1, 0.15) is 0 Å². The van der Waals surface area contributed by atoms with Gasteiger partial charge in [0.25, 0.3) is 5.56 Å². The van der Waals surface area contributed by atoms with Crippen molar-refractivity contribution in [3.8, 4) is 6.07 Å². The maximum absolute atomic E-state index is 11.6. The van der Waals surface area contributed by atoms with Gasteiger partial charge in [0.15, 0.2) is 0 Å². The molecular weight excluding hydrogens is 214 g/mol. The van der Waals surface area contributed by atoms with Crippen molar-refractivity contribution in [1.29, 1.82) is 5.26 Å². The van der Waals surface area contributed by atoms with Crippen LogP contribution in [-0.2, 0) is 13.0 Å². The van der Waals surface area contributed by atoms with Gasteiger partial charge in [-0.3, -0.25) is 4.79 Å². The van der Waals surface area contributed by atoms with E-state index >= 15 is 0 Å². The average molecular weight is 225 g/mol. The summed E-state index contributed by atoms with van der Waals surface area (Å²) in [7, 11) is 0. The standard InChI is InChI=1S/C13H11N3O/c14-9-8-12-6-7-13(17)16(15-12)10-11-4-2-1-3-5-11/h1-7H,8,10H2. The molecule has 1 aromatic heterocycles. The van der Waals surface area contributed by atoms with Crippen molar-refractivity contribution in [2.45, 2.75) is 13.0 Å². The lowest BCUT2D eigenvalue weighted by atomic mass is 10.2. The van der Waals surface area contributed by atoms with Crippen molar-refractivity contribution in [2.75, 3.05) is 0 Å². The molecular formula is C13H11N3O. The molecule has 0 aliphatic rings. The zero-order valence-corrected chi connectivity index (χ0v) is 9.21. The molecule has 0 unspecified atom stereocenters. The maximum Gasteiger partial charge on any atom is 0.267 e. The number of hydrogen-bond donors (Lipinski definition) is 0. The zero-order chi connectivity index (χ0) is 12.1. The summed E-state index contributed by atoms with van der Waals surface area (Å²) in [5.74, 6) is 0. The predicted octanol–water partition coefficient (Wildman–Crippen LogP) is 1.36. The highest BCUT2D eigenvalue weighted by atomic mass is 16.1. The first-order valence-corrected chi connectivity index (χ1v) is 5.27. The molecule has 0 N–H and O–H groups in total. The van der Waals surface area contributed by atoms with Crippen LogP contribution in [-0.4, -0.2) is 9.78 Å². The topological polar surface area (TPSA) is 58.7 Å². The lowest BCUT2D eigenvalue weighted by Crippen LogP contribution is -2.23. The molecule has 0 saturated heterocycles. The summed E-state index contributed by atoms with van der Waals surface area (Å²) >= 11 is 0. The van der Waals surface area contributed by atoms with Crippen LogP contribution in [0.1, 0.15) is 11.3 Å². The van der Waals surface area contributed by atoms with Gasteiger partial charge in [-0.2, -0.15) is 10.4 Å². The smallest absolute Gasteiger partial charge is 0.267 e. The largest absolute Gasteiger partial charge is 0.268 e. The number of nitrogens with zero attached hydrogens (tertiary/aromatic N) is 3. The van der Waals surface area contributed by atoms with E-state index in [1.165, 1.54) is 10.7 Å². The first-order valence-electron chi connectivity index (χ1n) is 5.27. The van der Waals surface area contributed by atoms with E-state index in [4.69, 9.17) is 5.26 Å². The molecule has 1 aromatic carbocycles. The molecule has 0 spiro atoms. The first kappa shape index (κ1) is 11.1. The Hall–Kier alpha value is -2.41. The minimum absolute atomic E-state index is 0.157. The average Bonchev–Trinajstić information content (AvgIpc) is 2.35. The summed E-state index contributed by atoms with van der Waals surface area (Å²) in [6, 6.07) is 14.7. The Morgan fingerprint density at radius 3 is 2.65 bits per heavy atom. The van der Waals surface area contributed by atoms with Crippen LogP contribution in [0.4, 0.5) is 0 Å². The van der Waals surface area contributed by atoms with E-state index in [-0.39, 0.29) is 12.0 Å². The van der Waals surface area contributed by atoms with E-state index in [9.17, 15) is 4.79 Å². The van der Waals surface area contributed by atoms with Crippen LogP contribution < -0.4 is 5.56 Å². The Balaban J connectivity index is 2.30. The quantitative estimate of drug-likeness (QED) is 0.792. The Morgan fingerprint density at radius 2 is 1.94 bits per heavy atom. The van der Waals surface area contributed by atoms with Gasteiger partial charge < -0.3 is 0 Å². The van der Waals surface area contributed by atoms with Crippen LogP contribution >= 0.6 is 0 Å². The second-order valence-corrected chi connectivity index (χ2v) is 3.64. The molecule has 0 fully saturated rings. The molecule has 84 valence electrons. The second-order valence-electron chi connectivity index (χ2n) is 3.64. The van der Waals surface area contributed by atoms with Gasteiger partial charge in [0.2, 0.25) is 0 Å². The Bertz CT molecular complexity index is 596. The number of hydrogen-bond acceptors (Lipinski definition) is 3. The van der Waals surface area contributed by atoms with E-state index in [1.807, 2.05) is 36.4 Å². The van der Waals surface area contributed by atoms with E-state index < -0.39 is 0 Å². The molecule has 0 aliphatic carbocycles. The SMILES string of the molecule is N#CCc1ccc(=O)n(Cc2ccccc2)n1. The minimum Gasteiger partial charge on any atom is -0.268 e. The third-order valence-corrected chi connectivity index (χ3v) is 2.36. The number of rotatable bonds is 3. The molecule has 0 radical (unpaired) electrons. The Kier molecular flexibility index (Phi) is 3.31. The fourth-order valence-corrected chi connectivity index (χ4v) is 1.54. The maximum atomic E-state index is 11.6. The Morgan fingerprint density at radius 1 is 1.18 bits per heavy atom. The Labute approximate surface area is 98.8 Å². The van der Waals surface area contributed by atoms with Crippen LogP contribution in [0.15, 0.2) is 47.3 Å². The van der Waals surface area contributed by atoms with Crippen LogP contribution in [0, 0.1) is 11.3 Å². The summed E-state index contributed by atoms with van der Waals surface area (Å²) in [4.78, 5) is 11.6.